The van der Waals surface area contributed by atoms with Gasteiger partial charge in [-0.3, -0.25) is 4.68 Å². The molecule has 3 aromatic rings. The van der Waals surface area contributed by atoms with Gasteiger partial charge in [-0.2, -0.15) is 5.10 Å². The van der Waals surface area contributed by atoms with Crippen molar-refractivity contribution in [2.45, 2.75) is 12.6 Å². The fourth-order valence-corrected chi connectivity index (χ4v) is 2.43. The van der Waals surface area contributed by atoms with Crippen LogP contribution in [0.15, 0.2) is 48.7 Å². The minimum absolute atomic E-state index is 0.257. The first-order valence-electron chi connectivity index (χ1n) is 7.38. The Kier molecular flexibility index (Phi) is 4.55. The zero-order valence-corrected chi connectivity index (χ0v) is 12.5. The molecule has 0 spiro atoms. The van der Waals surface area contributed by atoms with Gasteiger partial charge in [0.2, 0.25) is 0 Å². The number of benzene rings is 2. The molecule has 0 saturated carbocycles. The number of hydrogen-bond donors (Lipinski definition) is 3. The quantitative estimate of drug-likeness (QED) is 0.650. The third-order valence-electron chi connectivity index (χ3n) is 3.62. The van der Waals surface area contributed by atoms with Gasteiger partial charge >= 0.3 is 0 Å². The molecule has 120 valence electrons. The fraction of sp³-hybridized carbons (Fsp3) is 0.235. The van der Waals surface area contributed by atoms with Crippen LogP contribution in [0.2, 0.25) is 0 Å². The highest BCUT2D eigenvalue weighted by molar-refractivity contribution is 5.82. The summed E-state index contributed by atoms with van der Waals surface area (Å²) >= 11 is 0. The van der Waals surface area contributed by atoms with Gasteiger partial charge in [0.15, 0.2) is 0 Å². The van der Waals surface area contributed by atoms with Gasteiger partial charge in [-0.15, -0.1) is 0 Å². The minimum atomic E-state index is -0.790. The third kappa shape index (κ3) is 3.67. The summed E-state index contributed by atoms with van der Waals surface area (Å²) in [7, 11) is 0. The van der Waals surface area contributed by atoms with Gasteiger partial charge in [0.25, 0.3) is 0 Å². The molecule has 6 heteroatoms. The third-order valence-corrected chi connectivity index (χ3v) is 3.62. The average molecular weight is 315 g/mol. The molecule has 5 nitrogen and oxygen atoms in total. The minimum Gasteiger partial charge on any atom is -0.394 e. The molecule has 2 aromatic carbocycles. The van der Waals surface area contributed by atoms with Crippen LogP contribution in [0, 0.1) is 5.82 Å². The number of anilines is 1. The van der Waals surface area contributed by atoms with Crippen LogP contribution in [0.25, 0.3) is 10.9 Å². The molecule has 3 N–H and O–H groups in total. The van der Waals surface area contributed by atoms with E-state index in [9.17, 15) is 9.50 Å². The van der Waals surface area contributed by atoms with Crippen LogP contribution < -0.4 is 5.32 Å². The van der Waals surface area contributed by atoms with E-state index in [1.165, 1.54) is 12.1 Å². The Balaban J connectivity index is 1.78. The number of hydrogen-bond acceptors (Lipinski definition) is 4. The van der Waals surface area contributed by atoms with Crippen LogP contribution in [-0.4, -0.2) is 39.2 Å². The van der Waals surface area contributed by atoms with Gasteiger partial charge in [-0.1, -0.05) is 12.1 Å². The number of aliphatic hydroxyl groups is 2. The van der Waals surface area contributed by atoms with Crippen molar-refractivity contribution >= 4 is 16.6 Å². The fourth-order valence-electron chi connectivity index (χ4n) is 2.43. The highest BCUT2D eigenvalue weighted by Crippen LogP contribution is 2.20. The predicted octanol–water partition coefficient (Wildman–Crippen LogP) is 1.99. The number of nitrogens with zero attached hydrogens (tertiary/aromatic N) is 2. The van der Waals surface area contributed by atoms with Crippen molar-refractivity contribution in [1.82, 2.24) is 9.78 Å². The van der Waals surface area contributed by atoms with E-state index < -0.39 is 6.10 Å². The lowest BCUT2D eigenvalue weighted by Gasteiger charge is -2.10. The molecule has 23 heavy (non-hydrogen) atoms. The summed E-state index contributed by atoms with van der Waals surface area (Å²) in [6, 6.07) is 12.2. The maximum absolute atomic E-state index is 13.3. The smallest absolute Gasteiger partial charge is 0.123 e. The molecule has 0 saturated heterocycles. The standard InChI is InChI=1S/C17H18FN3O2/c18-14-3-1-2-12(6-14)10-21-17-5-4-15(7-13(17)8-20-21)19-9-16(23)11-22/h1-8,16,19,22-23H,9-11H2. The van der Waals surface area contributed by atoms with E-state index >= 15 is 0 Å². The topological polar surface area (TPSA) is 70.3 Å². The van der Waals surface area contributed by atoms with Crippen molar-refractivity contribution in [2.75, 3.05) is 18.5 Å². The summed E-state index contributed by atoms with van der Waals surface area (Å²) in [5, 5.41) is 26.5. The Labute approximate surface area is 133 Å². The molecule has 0 aliphatic carbocycles. The maximum atomic E-state index is 13.3. The SMILES string of the molecule is OCC(O)CNc1ccc2c(cnn2Cc2cccc(F)c2)c1. The Morgan fingerprint density at radius 1 is 1.22 bits per heavy atom. The monoisotopic (exact) mass is 315 g/mol. The lowest BCUT2D eigenvalue weighted by molar-refractivity contribution is 0.105. The highest BCUT2D eigenvalue weighted by atomic mass is 19.1. The van der Waals surface area contributed by atoms with E-state index in [0.29, 0.717) is 6.54 Å². The van der Waals surface area contributed by atoms with Gasteiger partial charge in [-0.05, 0) is 35.9 Å². The molecule has 1 heterocycles. The van der Waals surface area contributed by atoms with E-state index in [2.05, 4.69) is 10.4 Å². The zero-order valence-electron chi connectivity index (χ0n) is 12.5. The molecule has 0 amide bonds. The molecule has 1 atom stereocenters. The second-order valence-electron chi connectivity index (χ2n) is 5.42. The predicted molar refractivity (Wildman–Crippen MR) is 86.8 cm³/mol. The van der Waals surface area contributed by atoms with Crippen LogP contribution in [-0.2, 0) is 6.54 Å². The lowest BCUT2D eigenvalue weighted by atomic mass is 10.2. The van der Waals surface area contributed by atoms with Gasteiger partial charge in [0, 0.05) is 17.6 Å². The molecular weight excluding hydrogens is 297 g/mol. The summed E-state index contributed by atoms with van der Waals surface area (Å²) in [6.45, 7) is 0.498. The van der Waals surface area contributed by atoms with Crippen LogP contribution in [0.1, 0.15) is 5.56 Å². The molecular formula is C17H18FN3O2. The highest BCUT2D eigenvalue weighted by Gasteiger charge is 2.06. The lowest BCUT2D eigenvalue weighted by Crippen LogP contribution is -2.22. The molecule has 0 bridgehead atoms. The first-order valence-corrected chi connectivity index (χ1v) is 7.38. The molecule has 1 aromatic heterocycles. The molecule has 0 fully saturated rings. The Morgan fingerprint density at radius 2 is 2.09 bits per heavy atom. The summed E-state index contributed by atoms with van der Waals surface area (Å²) in [5.41, 5.74) is 2.64. The van der Waals surface area contributed by atoms with Crippen LogP contribution >= 0.6 is 0 Å². The largest absolute Gasteiger partial charge is 0.394 e. The van der Waals surface area contributed by atoms with E-state index in [1.54, 1.807) is 12.3 Å². The van der Waals surface area contributed by atoms with E-state index in [4.69, 9.17) is 5.11 Å². The molecule has 3 rings (SSSR count). The summed E-state index contributed by atoms with van der Waals surface area (Å²) in [4.78, 5) is 0. The Morgan fingerprint density at radius 3 is 2.87 bits per heavy atom. The van der Waals surface area contributed by atoms with Crippen LogP contribution in [0.5, 0.6) is 0 Å². The average Bonchev–Trinajstić information content (AvgIpc) is 2.95. The van der Waals surface area contributed by atoms with Crippen LogP contribution in [0.4, 0.5) is 10.1 Å². The molecule has 1 unspecified atom stereocenters. The molecule has 0 aliphatic rings. The van der Waals surface area contributed by atoms with Crippen molar-refractivity contribution in [2.24, 2.45) is 0 Å². The number of fused-ring (bicyclic) bond motifs is 1. The van der Waals surface area contributed by atoms with E-state index in [-0.39, 0.29) is 19.0 Å². The van der Waals surface area contributed by atoms with Crippen molar-refractivity contribution in [3.05, 3.63) is 60.0 Å². The Hall–Kier alpha value is -2.44. The first kappa shape index (κ1) is 15.5. The summed E-state index contributed by atoms with van der Waals surface area (Å²) in [5.74, 6) is -0.257. The number of aromatic nitrogens is 2. The van der Waals surface area contributed by atoms with Crippen molar-refractivity contribution < 1.29 is 14.6 Å². The van der Waals surface area contributed by atoms with Crippen molar-refractivity contribution in [1.29, 1.82) is 0 Å². The second-order valence-corrected chi connectivity index (χ2v) is 5.42. The Bertz CT molecular complexity index is 803. The number of halogens is 1. The first-order chi connectivity index (χ1) is 11.2. The zero-order chi connectivity index (χ0) is 16.2. The van der Waals surface area contributed by atoms with Gasteiger partial charge in [-0.25, -0.2) is 4.39 Å². The van der Waals surface area contributed by atoms with Crippen molar-refractivity contribution in [3.8, 4) is 0 Å². The van der Waals surface area contributed by atoms with E-state index in [0.717, 1.165) is 22.2 Å². The van der Waals surface area contributed by atoms with Gasteiger partial charge in [0.1, 0.15) is 5.82 Å². The van der Waals surface area contributed by atoms with E-state index in [1.807, 2.05) is 28.9 Å². The number of nitrogens with one attached hydrogen (secondary N) is 1. The summed E-state index contributed by atoms with van der Waals surface area (Å²) < 4.78 is 15.1. The maximum Gasteiger partial charge on any atom is 0.123 e. The summed E-state index contributed by atoms with van der Waals surface area (Å²) in [6.07, 6.45) is 0.962. The normalized spacial score (nSPS) is 12.5. The van der Waals surface area contributed by atoms with Crippen molar-refractivity contribution in [3.63, 3.8) is 0 Å². The van der Waals surface area contributed by atoms with Gasteiger partial charge < -0.3 is 15.5 Å². The molecule has 0 radical (unpaired) electrons. The van der Waals surface area contributed by atoms with Crippen LogP contribution in [0.3, 0.4) is 0 Å². The second kappa shape index (κ2) is 6.76. The molecule has 0 aliphatic heterocycles. The van der Waals surface area contributed by atoms with Gasteiger partial charge in [0.05, 0.1) is 31.0 Å². The number of aliphatic hydroxyl groups excluding tert-OH is 2. The number of rotatable bonds is 6.